The second kappa shape index (κ2) is 6.93. The molecule has 0 heterocycles. The van der Waals surface area contributed by atoms with E-state index in [1.807, 2.05) is 7.11 Å². The van der Waals surface area contributed by atoms with E-state index in [1.54, 1.807) is 0 Å². The van der Waals surface area contributed by atoms with E-state index in [0.717, 1.165) is 6.42 Å². The molecule has 0 spiro atoms. The maximum Gasteiger partial charge on any atom is 0.0834 e. The van der Waals surface area contributed by atoms with Gasteiger partial charge in [-0.15, -0.1) is 0 Å². The number of rotatable bonds is 5. The second-order valence-electron chi connectivity index (χ2n) is 6.75. The first-order chi connectivity index (χ1) is 10.0. The van der Waals surface area contributed by atoms with E-state index in [2.05, 4.69) is 45.3 Å². The van der Waals surface area contributed by atoms with Gasteiger partial charge in [0.15, 0.2) is 0 Å². The number of aryl methyl sites for hydroxylation is 3. The van der Waals surface area contributed by atoms with Crippen LogP contribution >= 0.6 is 0 Å². The van der Waals surface area contributed by atoms with E-state index in [1.165, 1.54) is 54.4 Å². The zero-order valence-corrected chi connectivity index (χ0v) is 14.4. The monoisotopic (exact) mass is 289 g/mol. The highest BCUT2D eigenvalue weighted by atomic mass is 16.5. The largest absolute Gasteiger partial charge is 0.377 e. The van der Waals surface area contributed by atoms with Crippen molar-refractivity contribution in [1.82, 2.24) is 5.32 Å². The zero-order chi connectivity index (χ0) is 15.5. The standard InChI is InChI=1S/C19H31NO/c1-14-11-15(2)17(16(3)12-14)13-18(20-4)19(21-5)9-7-6-8-10-19/h11-12,18,20H,6-10,13H2,1-5H3. The molecule has 1 saturated carbocycles. The molecule has 0 saturated heterocycles. The highest BCUT2D eigenvalue weighted by molar-refractivity contribution is 5.38. The molecule has 118 valence electrons. The van der Waals surface area contributed by atoms with Gasteiger partial charge in [0, 0.05) is 13.2 Å². The SMILES string of the molecule is CNC(Cc1c(C)cc(C)cc1C)C1(OC)CCCCC1. The Hall–Kier alpha value is -0.860. The van der Waals surface area contributed by atoms with Crippen LogP contribution in [-0.2, 0) is 11.2 Å². The number of methoxy groups -OCH3 is 1. The summed E-state index contributed by atoms with van der Waals surface area (Å²) in [5.41, 5.74) is 5.68. The van der Waals surface area contributed by atoms with Crippen LogP contribution in [0, 0.1) is 20.8 Å². The Kier molecular flexibility index (Phi) is 5.45. The lowest BCUT2D eigenvalue weighted by molar-refractivity contribution is -0.0657. The quantitative estimate of drug-likeness (QED) is 0.881. The van der Waals surface area contributed by atoms with Gasteiger partial charge in [-0.3, -0.25) is 0 Å². The highest BCUT2D eigenvalue weighted by Gasteiger charge is 2.39. The van der Waals surface area contributed by atoms with Gasteiger partial charge >= 0.3 is 0 Å². The highest BCUT2D eigenvalue weighted by Crippen LogP contribution is 2.36. The lowest BCUT2D eigenvalue weighted by Gasteiger charge is -2.43. The van der Waals surface area contributed by atoms with Crippen LogP contribution in [0.3, 0.4) is 0 Å². The van der Waals surface area contributed by atoms with E-state index in [-0.39, 0.29) is 5.60 Å². The number of hydrogen-bond donors (Lipinski definition) is 1. The normalized spacial score (nSPS) is 19.5. The molecule has 2 nitrogen and oxygen atoms in total. The summed E-state index contributed by atoms with van der Waals surface area (Å²) in [6.45, 7) is 6.65. The molecular weight excluding hydrogens is 258 g/mol. The van der Waals surface area contributed by atoms with Crippen molar-refractivity contribution < 1.29 is 4.74 Å². The maximum absolute atomic E-state index is 6.04. The first-order valence-electron chi connectivity index (χ1n) is 8.31. The molecule has 1 atom stereocenters. The van der Waals surface area contributed by atoms with E-state index < -0.39 is 0 Å². The lowest BCUT2D eigenvalue weighted by atomic mass is 9.76. The summed E-state index contributed by atoms with van der Waals surface area (Å²) in [5, 5.41) is 3.56. The molecule has 0 aromatic heterocycles. The third-order valence-electron chi connectivity index (χ3n) is 5.34. The van der Waals surface area contributed by atoms with Crippen LogP contribution in [0.4, 0.5) is 0 Å². The second-order valence-corrected chi connectivity index (χ2v) is 6.75. The topological polar surface area (TPSA) is 21.3 Å². The van der Waals surface area contributed by atoms with Gasteiger partial charge in [0.2, 0.25) is 0 Å². The lowest BCUT2D eigenvalue weighted by Crippen LogP contribution is -2.53. The smallest absolute Gasteiger partial charge is 0.0834 e. The van der Waals surface area contributed by atoms with Gasteiger partial charge in [-0.1, -0.05) is 37.0 Å². The van der Waals surface area contributed by atoms with E-state index >= 15 is 0 Å². The van der Waals surface area contributed by atoms with Crippen molar-refractivity contribution in [3.05, 3.63) is 34.4 Å². The summed E-state index contributed by atoms with van der Waals surface area (Å²) < 4.78 is 6.04. The van der Waals surface area contributed by atoms with Gasteiger partial charge in [-0.05, 0) is 63.8 Å². The Morgan fingerprint density at radius 2 is 1.67 bits per heavy atom. The molecule has 1 aliphatic rings. The van der Waals surface area contributed by atoms with E-state index in [9.17, 15) is 0 Å². The van der Waals surface area contributed by atoms with Gasteiger partial charge in [0.1, 0.15) is 0 Å². The molecule has 21 heavy (non-hydrogen) atoms. The molecule has 0 aliphatic heterocycles. The summed E-state index contributed by atoms with van der Waals surface area (Å²) >= 11 is 0. The molecule has 0 bridgehead atoms. The molecule has 0 amide bonds. The van der Waals surface area contributed by atoms with Gasteiger partial charge in [-0.2, -0.15) is 0 Å². The summed E-state index contributed by atoms with van der Waals surface area (Å²) in [6, 6.07) is 4.99. The Morgan fingerprint density at radius 1 is 1.10 bits per heavy atom. The third-order valence-corrected chi connectivity index (χ3v) is 5.34. The number of nitrogens with one attached hydrogen (secondary N) is 1. The van der Waals surface area contributed by atoms with E-state index in [0.29, 0.717) is 6.04 Å². The number of ether oxygens (including phenoxy) is 1. The van der Waals surface area contributed by atoms with Gasteiger partial charge in [-0.25, -0.2) is 0 Å². The Balaban J connectivity index is 2.26. The maximum atomic E-state index is 6.04. The average Bonchev–Trinajstić information content (AvgIpc) is 2.47. The molecule has 2 rings (SSSR count). The van der Waals surface area contributed by atoms with Gasteiger partial charge < -0.3 is 10.1 Å². The molecule has 1 unspecified atom stereocenters. The van der Waals surface area contributed by atoms with Crippen molar-refractivity contribution in [3.8, 4) is 0 Å². The van der Waals surface area contributed by atoms with Crippen molar-refractivity contribution in [2.75, 3.05) is 14.2 Å². The molecule has 1 aromatic rings. The molecule has 1 N–H and O–H groups in total. The fourth-order valence-electron chi connectivity index (χ4n) is 4.13. The van der Waals surface area contributed by atoms with E-state index in [4.69, 9.17) is 4.74 Å². The summed E-state index contributed by atoms with van der Waals surface area (Å²) in [7, 11) is 3.98. The predicted molar refractivity (Wildman–Crippen MR) is 90.0 cm³/mol. The van der Waals surface area contributed by atoms with Crippen molar-refractivity contribution in [2.45, 2.75) is 70.9 Å². The van der Waals surface area contributed by atoms with Crippen molar-refractivity contribution in [2.24, 2.45) is 0 Å². The van der Waals surface area contributed by atoms with Crippen molar-refractivity contribution in [1.29, 1.82) is 0 Å². The average molecular weight is 289 g/mol. The minimum Gasteiger partial charge on any atom is -0.377 e. The summed E-state index contributed by atoms with van der Waals surface area (Å²) in [5.74, 6) is 0. The van der Waals surface area contributed by atoms with Crippen LogP contribution in [0.25, 0.3) is 0 Å². The fraction of sp³-hybridized carbons (Fsp3) is 0.684. The molecule has 1 aromatic carbocycles. The molecule has 1 aliphatic carbocycles. The third kappa shape index (κ3) is 3.49. The predicted octanol–water partition coefficient (Wildman–Crippen LogP) is 4.09. The first-order valence-corrected chi connectivity index (χ1v) is 8.31. The Labute approximate surface area is 130 Å². The zero-order valence-electron chi connectivity index (χ0n) is 14.4. The number of benzene rings is 1. The Morgan fingerprint density at radius 3 is 2.14 bits per heavy atom. The van der Waals surface area contributed by atoms with Crippen molar-refractivity contribution in [3.63, 3.8) is 0 Å². The van der Waals surface area contributed by atoms with Crippen LogP contribution in [0.15, 0.2) is 12.1 Å². The van der Waals surface area contributed by atoms with Crippen LogP contribution in [-0.4, -0.2) is 25.8 Å². The van der Waals surface area contributed by atoms with Crippen LogP contribution in [0.1, 0.15) is 54.4 Å². The van der Waals surface area contributed by atoms with Gasteiger partial charge in [0.05, 0.1) is 5.60 Å². The molecule has 0 radical (unpaired) electrons. The molecule has 1 fully saturated rings. The first kappa shape index (κ1) is 16.5. The van der Waals surface area contributed by atoms with Gasteiger partial charge in [0.25, 0.3) is 0 Å². The summed E-state index contributed by atoms with van der Waals surface area (Å²) in [6.07, 6.45) is 7.35. The number of hydrogen-bond acceptors (Lipinski definition) is 2. The summed E-state index contributed by atoms with van der Waals surface area (Å²) in [4.78, 5) is 0. The Bertz CT molecular complexity index is 451. The van der Waals surface area contributed by atoms with Crippen LogP contribution < -0.4 is 5.32 Å². The molecular formula is C19H31NO. The fourth-order valence-corrected chi connectivity index (χ4v) is 4.13. The minimum atomic E-state index is 0.0107. The van der Waals surface area contributed by atoms with Crippen LogP contribution in [0.5, 0.6) is 0 Å². The molecule has 2 heteroatoms. The van der Waals surface area contributed by atoms with Crippen LogP contribution in [0.2, 0.25) is 0 Å². The minimum absolute atomic E-state index is 0.0107. The number of likely N-dealkylation sites (N-methyl/N-ethyl adjacent to an activating group) is 1. The van der Waals surface area contributed by atoms with Crippen molar-refractivity contribution >= 4 is 0 Å².